The zero-order valence-electron chi connectivity index (χ0n) is 11.1. The van der Waals surface area contributed by atoms with Crippen molar-refractivity contribution in [3.8, 4) is 0 Å². The Morgan fingerprint density at radius 1 is 1.00 bits per heavy atom. The molecule has 0 amide bonds. The van der Waals surface area contributed by atoms with Gasteiger partial charge in [-0.2, -0.15) is 0 Å². The van der Waals surface area contributed by atoms with E-state index in [0.717, 1.165) is 17.9 Å². The lowest BCUT2D eigenvalue weighted by molar-refractivity contribution is 0.584. The smallest absolute Gasteiger partial charge is 0.0438 e. The Kier molecular flexibility index (Phi) is 5.30. The Morgan fingerprint density at radius 3 is 2.47 bits per heavy atom. The molecule has 2 heteroatoms. The minimum Gasteiger partial charge on any atom is -0.126 e. The van der Waals surface area contributed by atoms with Crippen LogP contribution >= 0.6 is 23.2 Å². The van der Waals surface area contributed by atoms with Crippen LogP contribution in [0.5, 0.6) is 0 Å². The number of rotatable bonds is 5. The molecule has 1 unspecified atom stereocenters. The first-order valence-electron chi connectivity index (χ1n) is 6.54. The molecule has 2 rings (SSSR count). The normalized spacial score (nSPS) is 12.4. The third-order valence-corrected chi connectivity index (χ3v) is 4.10. The molecule has 0 bridgehead atoms. The minimum absolute atomic E-state index is 0.420. The van der Waals surface area contributed by atoms with Crippen LogP contribution in [0.2, 0.25) is 5.02 Å². The van der Waals surface area contributed by atoms with Gasteiger partial charge in [-0.1, -0.05) is 59.6 Å². The highest BCUT2D eigenvalue weighted by molar-refractivity contribution is 6.31. The van der Waals surface area contributed by atoms with Crippen molar-refractivity contribution in [2.45, 2.75) is 19.8 Å². The number of halogens is 2. The number of hydrogen-bond acceptors (Lipinski definition) is 0. The molecule has 0 saturated heterocycles. The maximum atomic E-state index is 6.21. The van der Waals surface area contributed by atoms with Gasteiger partial charge in [0.2, 0.25) is 0 Å². The first-order chi connectivity index (χ1) is 9.19. The SMILES string of the molecule is Cc1cccc(CC(CCl)Cc2ccccc2Cl)c1. The van der Waals surface area contributed by atoms with E-state index >= 15 is 0 Å². The van der Waals surface area contributed by atoms with Crippen LogP contribution in [0.3, 0.4) is 0 Å². The van der Waals surface area contributed by atoms with Gasteiger partial charge in [-0.15, -0.1) is 11.6 Å². The second kappa shape index (κ2) is 6.98. The molecule has 0 aliphatic carbocycles. The van der Waals surface area contributed by atoms with E-state index in [1.54, 1.807) is 0 Å². The fourth-order valence-corrected chi connectivity index (χ4v) is 2.76. The van der Waals surface area contributed by atoms with Crippen LogP contribution in [-0.2, 0) is 12.8 Å². The van der Waals surface area contributed by atoms with E-state index in [9.17, 15) is 0 Å². The fourth-order valence-electron chi connectivity index (χ4n) is 2.33. The third kappa shape index (κ3) is 4.26. The fraction of sp³-hybridized carbons (Fsp3) is 0.294. The largest absolute Gasteiger partial charge is 0.126 e. The summed E-state index contributed by atoms with van der Waals surface area (Å²) in [7, 11) is 0. The topological polar surface area (TPSA) is 0 Å². The van der Waals surface area contributed by atoms with Crippen LogP contribution in [0.15, 0.2) is 48.5 Å². The van der Waals surface area contributed by atoms with Crippen molar-refractivity contribution in [3.63, 3.8) is 0 Å². The van der Waals surface area contributed by atoms with Crippen molar-refractivity contribution >= 4 is 23.2 Å². The zero-order valence-corrected chi connectivity index (χ0v) is 12.6. The van der Waals surface area contributed by atoms with Crippen molar-refractivity contribution in [1.82, 2.24) is 0 Å². The molecule has 0 aliphatic heterocycles. The van der Waals surface area contributed by atoms with E-state index in [0.29, 0.717) is 11.8 Å². The molecule has 0 fully saturated rings. The van der Waals surface area contributed by atoms with E-state index in [-0.39, 0.29) is 0 Å². The van der Waals surface area contributed by atoms with Crippen LogP contribution in [0, 0.1) is 12.8 Å². The van der Waals surface area contributed by atoms with E-state index in [4.69, 9.17) is 23.2 Å². The Morgan fingerprint density at radius 2 is 1.79 bits per heavy atom. The molecule has 0 aromatic heterocycles. The van der Waals surface area contributed by atoms with Gasteiger partial charge in [-0.25, -0.2) is 0 Å². The quantitative estimate of drug-likeness (QED) is 0.657. The highest BCUT2D eigenvalue weighted by Gasteiger charge is 2.11. The second-order valence-electron chi connectivity index (χ2n) is 5.01. The molecular formula is C17H18Cl2. The third-order valence-electron chi connectivity index (χ3n) is 3.29. The molecule has 2 aromatic rings. The monoisotopic (exact) mass is 292 g/mol. The van der Waals surface area contributed by atoms with E-state index in [1.165, 1.54) is 16.7 Å². The molecule has 19 heavy (non-hydrogen) atoms. The molecular weight excluding hydrogens is 275 g/mol. The van der Waals surface area contributed by atoms with Crippen LogP contribution < -0.4 is 0 Å². The van der Waals surface area contributed by atoms with Gasteiger partial charge in [-0.05, 0) is 42.9 Å². The standard InChI is InChI=1S/C17H18Cl2/c1-13-5-4-6-14(9-13)10-15(12-18)11-16-7-2-3-8-17(16)19/h2-9,15H,10-12H2,1H3. The molecule has 2 aromatic carbocycles. The Bertz CT molecular complexity index is 534. The molecule has 0 spiro atoms. The predicted octanol–water partition coefficient (Wildman–Crippen LogP) is 5.29. The van der Waals surface area contributed by atoms with Gasteiger partial charge in [0.05, 0.1) is 0 Å². The van der Waals surface area contributed by atoms with Crippen molar-refractivity contribution in [2.24, 2.45) is 5.92 Å². The summed E-state index contributed by atoms with van der Waals surface area (Å²) >= 11 is 12.3. The predicted molar refractivity (Wildman–Crippen MR) is 84.2 cm³/mol. The molecule has 0 N–H and O–H groups in total. The van der Waals surface area contributed by atoms with Gasteiger partial charge >= 0.3 is 0 Å². The minimum atomic E-state index is 0.420. The lowest BCUT2D eigenvalue weighted by Gasteiger charge is -2.15. The second-order valence-corrected chi connectivity index (χ2v) is 5.72. The first kappa shape index (κ1) is 14.4. The summed E-state index contributed by atoms with van der Waals surface area (Å²) in [5.41, 5.74) is 3.82. The van der Waals surface area contributed by atoms with Gasteiger partial charge in [0.15, 0.2) is 0 Å². The van der Waals surface area contributed by atoms with E-state index < -0.39 is 0 Å². The lowest BCUT2D eigenvalue weighted by atomic mass is 9.93. The molecule has 0 aliphatic rings. The summed E-state index contributed by atoms with van der Waals surface area (Å²) in [6, 6.07) is 16.6. The number of hydrogen-bond donors (Lipinski definition) is 0. The molecule has 100 valence electrons. The Hall–Kier alpha value is -0.980. The highest BCUT2D eigenvalue weighted by atomic mass is 35.5. The van der Waals surface area contributed by atoms with Crippen molar-refractivity contribution in [2.75, 3.05) is 5.88 Å². The number of aryl methyl sites for hydroxylation is 1. The summed E-state index contributed by atoms with van der Waals surface area (Å²) in [5.74, 6) is 1.07. The lowest BCUT2D eigenvalue weighted by Crippen LogP contribution is -2.10. The summed E-state index contributed by atoms with van der Waals surface area (Å²) < 4.78 is 0. The van der Waals surface area contributed by atoms with Crippen molar-refractivity contribution < 1.29 is 0 Å². The van der Waals surface area contributed by atoms with Crippen LogP contribution in [0.25, 0.3) is 0 Å². The van der Waals surface area contributed by atoms with Crippen LogP contribution in [0.4, 0.5) is 0 Å². The first-order valence-corrected chi connectivity index (χ1v) is 7.45. The maximum absolute atomic E-state index is 6.21. The number of alkyl halides is 1. The average molecular weight is 293 g/mol. The van der Waals surface area contributed by atoms with Gasteiger partial charge in [0, 0.05) is 10.9 Å². The number of benzene rings is 2. The zero-order chi connectivity index (χ0) is 13.7. The van der Waals surface area contributed by atoms with Crippen molar-refractivity contribution in [3.05, 3.63) is 70.2 Å². The van der Waals surface area contributed by atoms with E-state index in [2.05, 4.69) is 37.3 Å². The average Bonchev–Trinajstić information content (AvgIpc) is 2.40. The summed E-state index contributed by atoms with van der Waals surface area (Å²) in [6.07, 6.45) is 1.92. The summed E-state index contributed by atoms with van der Waals surface area (Å²) in [6.45, 7) is 2.12. The van der Waals surface area contributed by atoms with Gasteiger partial charge in [0.25, 0.3) is 0 Å². The molecule has 0 heterocycles. The van der Waals surface area contributed by atoms with E-state index in [1.807, 2.05) is 18.2 Å². The summed E-state index contributed by atoms with van der Waals surface area (Å²) in [5, 5.41) is 0.835. The molecule has 0 nitrogen and oxygen atoms in total. The van der Waals surface area contributed by atoms with Crippen molar-refractivity contribution in [1.29, 1.82) is 0 Å². The van der Waals surface area contributed by atoms with Crippen LogP contribution in [-0.4, -0.2) is 5.88 Å². The highest BCUT2D eigenvalue weighted by Crippen LogP contribution is 2.22. The molecule has 0 radical (unpaired) electrons. The Labute approximate surface area is 125 Å². The van der Waals surface area contributed by atoms with Gasteiger partial charge < -0.3 is 0 Å². The van der Waals surface area contributed by atoms with Crippen LogP contribution in [0.1, 0.15) is 16.7 Å². The molecule has 1 atom stereocenters. The maximum Gasteiger partial charge on any atom is 0.0438 e. The van der Waals surface area contributed by atoms with Gasteiger partial charge in [-0.3, -0.25) is 0 Å². The summed E-state index contributed by atoms with van der Waals surface area (Å²) in [4.78, 5) is 0. The molecule has 0 saturated carbocycles. The van der Waals surface area contributed by atoms with Gasteiger partial charge in [0.1, 0.15) is 0 Å². The Balaban J connectivity index is 2.07.